The molecular weight excluding hydrogens is 759 g/mol. The van der Waals surface area contributed by atoms with E-state index in [1.807, 2.05) is 0 Å². The number of hydrogen-bond acceptors (Lipinski definition) is 1. The van der Waals surface area contributed by atoms with Gasteiger partial charge in [-0.2, -0.15) is 0 Å². The molecule has 0 aromatic heterocycles. The second-order valence-electron chi connectivity index (χ2n) is 16.1. The fourth-order valence-electron chi connectivity index (χ4n) is 9.21. The van der Waals surface area contributed by atoms with Gasteiger partial charge in [0.2, 0.25) is 0 Å². The molecule has 11 aromatic carbocycles. The fourth-order valence-corrected chi connectivity index (χ4v) is 9.21. The van der Waals surface area contributed by atoms with Crippen molar-refractivity contribution in [1.29, 1.82) is 0 Å². The molecule has 11 rings (SSSR count). The van der Waals surface area contributed by atoms with Gasteiger partial charge in [0.15, 0.2) is 0 Å². The Hall–Kier alpha value is -8.26. The van der Waals surface area contributed by atoms with Crippen molar-refractivity contribution < 1.29 is 0 Å². The van der Waals surface area contributed by atoms with E-state index in [1.54, 1.807) is 0 Å². The summed E-state index contributed by atoms with van der Waals surface area (Å²) in [5.74, 6) is 0. The monoisotopic (exact) mass is 801 g/mol. The van der Waals surface area contributed by atoms with E-state index in [0.717, 1.165) is 22.6 Å². The van der Waals surface area contributed by atoms with Crippen LogP contribution in [0.3, 0.4) is 0 Å². The minimum absolute atomic E-state index is 1.08. The molecule has 0 fully saturated rings. The Bertz CT molecular complexity index is 3360. The molecule has 0 aliphatic heterocycles. The lowest BCUT2D eigenvalue weighted by molar-refractivity contribution is 1.28. The Labute approximate surface area is 369 Å². The molecule has 0 aliphatic carbocycles. The highest BCUT2D eigenvalue weighted by Gasteiger charge is 2.19. The summed E-state index contributed by atoms with van der Waals surface area (Å²) in [6.45, 7) is 0. The van der Waals surface area contributed by atoms with Crippen molar-refractivity contribution in [2.75, 3.05) is 4.90 Å². The first-order chi connectivity index (χ1) is 31.2. The molecule has 63 heavy (non-hydrogen) atoms. The van der Waals surface area contributed by atoms with E-state index < -0.39 is 0 Å². The zero-order chi connectivity index (χ0) is 42.0. The molecule has 0 amide bonds. The molecule has 0 unspecified atom stereocenters. The predicted octanol–water partition coefficient (Wildman–Crippen LogP) is 17.5. The van der Waals surface area contributed by atoms with Gasteiger partial charge >= 0.3 is 0 Å². The normalized spacial score (nSPS) is 11.2. The minimum Gasteiger partial charge on any atom is -0.310 e. The molecule has 296 valence electrons. The molecule has 0 atom stereocenters. The highest BCUT2D eigenvalue weighted by molar-refractivity contribution is 6.00. The van der Waals surface area contributed by atoms with Crippen LogP contribution < -0.4 is 4.90 Å². The van der Waals surface area contributed by atoms with E-state index in [2.05, 4.69) is 266 Å². The zero-order valence-corrected chi connectivity index (χ0v) is 34.8. The summed E-state index contributed by atoms with van der Waals surface area (Å²) in [4.78, 5) is 2.38. The largest absolute Gasteiger partial charge is 0.310 e. The van der Waals surface area contributed by atoms with Gasteiger partial charge < -0.3 is 4.90 Å². The first kappa shape index (κ1) is 37.7. The lowest BCUT2D eigenvalue weighted by Crippen LogP contribution is -2.10. The Morgan fingerprint density at radius 3 is 1.33 bits per heavy atom. The van der Waals surface area contributed by atoms with Crippen LogP contribution in [0.5, 0.6) is 0 Å². The van der Waals surface area contributed by atoms with Crippen LogP contribution in [0.15, 0.2) is 261 Å². The maximum Gasteiger partial charge on any atom is 0.0467 e. The van der Waals surface area contributed by atoms with Crippen LogP contribution in [0.4, 0.5) is 17.1 Å². The average Bonchev–Trinajstić information content (AvgIpc) is 3.37. The first-order valence-corrected chi connectivity index (χ1v) is 21.7. The van der Waals surface area contributed by atoms with Crippen molar-refractivity contribution in [1.82, 2.24) is 0 Å². The van der Waals surface area contributed by atoms with E-state index in [1.165, 1.54) is 82.7 Å². The van der Waals surface area contributed by atoms with Gasteiger partial charge in [0.1, 0.15) is 0 Å². The van der Waals surface area contributed by atoms with Crippen molar-refractivity contribution in [3.8, 4) is 66.8 Å². The van der Waals surface area contributed by atoms with Gasteiger partial charge in [-0.3, -0.25) is 0 Å². The van der Waals surface area contributed by atoms with E-state index >= 15 is 0 Å². The van der Waals surface area contributed by atoms with Crippen LogP contribution in [0.25, 0.3) is 88.3 Å². The molecule has 0 spiro atoms. The smallest absolute Gasteiger partial charge is 0.0467 e. The summed E-state index contributed by atoms with van der Waals surface area (Å²) in [6, 6.07) is 94.7. The number of anilines is 3. The third-order valence-corrected chi connectivity index (χ3v) is 12.3. The molecule has 0 bridgehead atoms. The number of fused-ring (bicyclic) bond motifs is 2. The molecule has 1 nitrogen and oxygen atoms in total. The van der Waals surface area contributed by atoms with Gasteiger partial charge in [-0.1, -0.05) is 218 Å². The van der Waals surface area contributed by atoms with Crippen LogP contribution in [-0.4, -0.2) is 0 Å². The third kappa shape index (κ3) is 7.37. The van der Waals surface area contributed by atoms with E-state index in [4.69, 9.17) is 0 Å². The van der Waals surface area contributed by atoms with E-state index in [0.29, 0.717) is 0 Å². The average molecular weight is 802 g/mol. The van der Waals surface area contributed by atoms with Gasteiger partial charge in [-0.05, 0) is 131 Å². The molecule has 0 saturated heterocycles. The van der Waals surface area contributed by atoms with Gasteiger partial charge in [-0.15, -0.1) is 0 Å². The van der Waals surface area contributed by atoms with Crippen LogP contribution in [0.1, 0.15) is 0 Å². The van der Waals surface area contributed by atoms with Crippen molar-refractivity contribution in [3.63, 3.8) is 0 Å². The lowest BCUT2D eigenvalue weighted by atomic mass is 9.84. The Balaban J connectivity index is 1.04. The number of benzene rings is 11. The molecular formula is C62H43N. The van der Waals surface area contributed by atoms with E-state index in [-0.39, 0.29) is 0 Å². The quantitative estimate of drug-likeness (QED) is 0.141. The van der Waals surface area contributed by atoms with Crippen LogP contribution in [0.2, 0.25) is 0 Å². The molecule has 0 aliphatic rings. The Morgan fingerprint density at radius 2 is 0.635 bits per heavy atom. The molecule has 0 saturated carbocycles. The standard InChI is InChI=1S/C62H43N/c1-3-17-45(18-4-1)58-27-11-12-28-61(58)62-59(47-19-5-2-6-20-47)30-15-31-60(62)49-36-40-54(41-37-49)63(53-38-34-48(35-39-53)57-29-14-23-46-21-9-10-26-56(46)57)55-25-13-24-51(43-55)52-33-32-44-16-7-8-22-50(44)42-52/h1-43H. The highest BCUT2D eigenvalue weighted by atomic mass is 15.1. The van der Waals surface area contributed by atoms with Gasteiger partial charge in [-0.25, -0.2) is 0 Å². The second kappa shape index (κ2) is 16.7. The third-order valence-electron chi connectivity index (χ3n) is 12.3. The Morgan fingerprint density at radius 1 is 0.206 bits per heavy atom. The molecule has 0 heterocycles. The lowest BCUT2D eigenvalue weighted by Gasteiger charge is -2.27. The van der Waals surface area contributed by atoms with Crippen LogP contribution in [0, 0.1) is 0 Å². The Kier molecular flexibility index (Phi) is 9.97. The number of rotatable bonds is 9. The second-order valence-corrected chi connectivity index (χ2v) is 16.1. The maximum atomic E-state index is 2.38. The van der Waals surface area contributed by atoms with Gasteiger partial charge in [0, 0.05) is 17.1 Å². The SMILES string of the molecule is c1ccc(-c2ccccc2-c2c(-c3ccccc3)cccc2-c2ccc(N(c3ccc(-c4cccc5ccccc45)cc3)c3cccc(-c4ccc5ccccc5c4)c3)cc2)cc1. The van der Waals surface area contributed by atoms with Crippen molar-refractivity contribution in [3.05, 3.63) is 261 Å². The zero-order valence-electron chi connectivity index (χ0n) is 34.8. The highest BCUT2D eigenvalue weighted by Crippen LogP contribution is 2.45. The maximum absolute atomic E-state index is 2.38. The summed E-state index contributed by atoms with van der Waals surface area (Å²) in [7, 11) is 0. The number of hydrogen-bond donors (Lipinski definition) is 0. The van der Waals surface area contributed by atoms with Gasteiger partial charge in [0.25, 0.3) is 0 Å². The fraction of sp³-hybridized carbons (Fsp3) is 0. The predicted molar refractivity (Wildman–Crippen MR) is 269 cm³/mol. The summed E-state index contributed by atoms with van der Waals surface area (Å²) >= 11 is 0. The molecule has 1 heteroatoms. The summed E-state index contributed by atoms with van der Waals surface area (Å²) < 4.78 is 0. The van der Waals surface area contributed by atoms with Gasteiger partial charge in [0.05, 0.1) is 0 Å². The van der Waals surface area contributed by atoms with Crippen LogP contribution >= 0.6 is 0 Å². The molecule has 0 radical (unpaired) electrons. The van der Waals surface area contributed by atoms with Crippen LogP contribution in [-0.2, 0) is 0 Å². The van der Waals surface area contributed by atoms with Crippen molar-refractivity contribution in [2.24, 2.45) is 0 Å². The summed E-state index contributed by atoms with van der Waals surface area (Å²) in [5.41, 5.74) is 17.6. The van der Waals surface area contributed by atoms with Crippen molar-refractivity contribution >= 4 is 38.6 Å². The topological polar surface area (TPSA) is 3.24 Å². The first-order valence-electron chi connectivity index (χ1n) is 21.7. The minimum atomic E-state index is 1.08. The van der Waals surface area contributed by atoms with E-state index in [9.17, 15) is 0 Å². The molecule has 11 aromatic rings. The van der Waals surface area contributed by atoms with Crippen molar-refractivity contribution in [2.45, 2.75) is 0 Å². The summed E-state index contributed by atoms with van der Waals surface area (Å²) in [5, 5.41) is 4.98. The molecule has 0 N–H and O–H groups in total. The summed E-state index contributed by atoms with van der Waals surface area (Å²) in [6.07, 6.45) is 0. The number of nitrogens with zero attached hydrogens (tertiary/aromatic N) is 1.